The topological polar surface area (TPSA) is 26.8 Å². The molecule has 2 aromatic rings. The van der Waals surface area contributed by atoms with Gasteiger partial charge in [0.15, 0.2) is 0 Å². The molecule has 0 N–H and O–H groups in total. The van der Waals surface area contributed by atoms with E-state index in [4.69, 9.17) is 0 Å². The molecule has 0 bridgehead atoms. The maximum atomic E-state index is 12.5. The number of hydrogen-bond acceptors (Lipinski definition) is 3. The first-order valence-corrected chi connectivity index (χ1v) is 8.52. The van der Waals surface area contributed by atoms with Crippen LogP contribution in [0.2, 0.25) is 0 Å². The van der Waals surface area contributed by atoms with Gasteiger partial charge in [-0.05, 0) is 17.7 Å². The molecule has 0 aromatic heterocycles. The summed E-state index contributed by atoms with van der Waals surface area (Å²) in [6, 6.07) is 20.6. The van der Waals surface area contributed by atoms with Crippen LogP contribution in [-0.2, 0) is 11.3 Å². The van der Waals surface area contributed by atoms with Crippen molar-refractivity contribution in [1.82, 2.24) is 9.80 Å². The molecule has 0 radical (unpaired) electrons. The van der Waals surface area contributed by atoms with Crippen molar-refractivity contribution in [2.75, 3.05) is 44.7 Å². The van der Waals surface area contributed by atoms with E-state index in [-0.39, 0.29) is 5.91 Å². The number of anilines is 1. The molecule has 1 aliphatic rings. The minimum atomic E-state index is 0.209. The Morgan fingerprint density at radius 2 is 1.50 bits per heavy atom. The highest BCUT2D eigenvalue weighted by Crippen LogP contribution is 2.12. The Hall–Kier alpha value is -2.33. The van der Waals surface area contributed by atoms with Crippen molar-refractivity contribution in [2.24, 2.45) is 0 Å². The van der Waals surface area contributed by atoms with Gasteiger partial charge in [-0.25, -0.2) is 0 Å². The average Bonchev–Trinajstić information content (AvgIpc) is 2.64. The van der Waals surface area contributed by atoms with Gasteiger partial charge >= 0.3 is 0 Å². The van der Waals surface area contributed by atoms with Crippen LogP contribution in [0.25, 0.3) is 0 Å². The lowest BCUT2D eigenvalue weighted by Crippen LogP contribution is -2.50. The Morgan fingerprint density at radius 3 is 2.12 bits per heavy atom. The Labute approximate surface area is 144 Å². The highest BCUT2D eigenvalue weighted by Gasteiger charge is 2.21. The Bertz CT molecular complexity index is 636. The van der Waals surface area contributed by atoms with E-state index < -0.39 is 0 Å². The van der Waals surface area contributed by atoms with Crippen LogP contribution in [0.3, 0.4) is 0 Å². The number of carbonyl (C=O) groups is 1. The van der Waals surface area contributed by atoms with Gasteiger partial charge < -0.3 is 9.80 Å². The molecule has 4 heteroatoms. The summed E-state index contributed by atoms with van der Waals surface area (Å²) in [7, 11) is 1.97. The van der Waals surface area contributed by atoms with Crippen molar-refractivity contribution in [3.8, 4) is 0 Å². The van der Waals surface area contributed by atoms with Crippen LogP contribution in [-0.4, -0.2) is 55.5 Å². The van der Waals surface area contributed by atoms with Gasteiger partial charge in [0, 0.05) is 45.5 Å². The fourth-order valence-electron chi connectivity index (χ4n) is 3.07. The maximum absolute atomic E-state index is 12.5. The zero-order chi connectivity index (χ0) is 16.8. The van der Waals surface area contributed by atoms with Crippen LogP contribution < -0.4 is 4.90 Å². The van der Waals surface area contributed by atoms with Gasteiger partial charge in [-0.2, -0.15) is 0 Å². The van der Waals surface area contributed by atoms with E-state index in [0.717, 1.165) is 38.4 Å². The molecule has 0 unspecified atom stereocenters. The van der Waals surface area contributed by atoms with E-state index >= 15 is 0 Å². The first-order valence-electron chi connectivity index (χ1n) is 8.52. The molecule has 1 aliphatic heterocycles. The van der Waals surface area contributed by atoms with Gasteiger partial charge in [0.25, 0.3) is 0 Å². The van der Waals surface area contributed by atoms with Gasteiger partial charge in [-0.15, -0.1) is 0 Å². The fourth-order valence-corrected chi connectivity index (χ4v) is 3.07. The van der Waals surface area contributed by atoms with Gasteiger partial charge in [-0.3, -0.25) is 9.69 Å². The summed E-state index contributed by atoms with van der Waals surface area (Å²) >= 11 is 0. The molecule has 0 aliphatic carbocycles. The Kier molecular flexibility index (Phi) is 5.49. The summed E-state index contributed by atoms with van der Waals surface area (Å²) in [5.74, 6) is 0.209. The summed E-state index contributed by atoms with van der Waals surface area (Å²) in [4.78, 5) is 18.9. The number of likely N-dealkylation sites (N-methyl/N-ethyl adjacent to an activating group) is 1. The normalized spacial score (nSPS) is 15.3. The first-order chi connectivity index (χ1) is 11.7. The van der Waals surface area contributed by atoms with Crippen LogP contribution in [0.5, 0.6) is 0 Å². The summed E-state index contributed by atoms with van der Waals surface area (Å²) < 4.78 is 0. The van der Waals surface area contributed by atoms with Gasteiger partial charge in [0.05, 0.1) is 6.54 Å². The lowest BCUT2D eigenvalue weighted by atomic mass is 10.2. The molecule has 2 aromatic carbocycles. The Morgan fingerprint density at radius 1 is 0.917 bits per heavy atom. The molecule has 0 spiro atoms. The number of benzene rings is 2. The highest BCUT2D eigenvalue weighted by atomic mass is 16.2. The van der Waals surface area contributed by atoms with Crippen LogP contribution >= 0.6 is 0 Å². The number of para-hydroxylation sites is 1. The van der Waals surface area contributed by atoms with Crippen molar-refractivity contribution in [3.63, 3.8) is 0 Å². The molecule has 24 heavy (non-hydrogen) atoms. The van der Waals surface area contributed by atoms with Gasteiger partial charge in [0.1, 0.15) is 0 Å². The largest absolute Gasteiger partial charge is 0.365 e. The SMILES string of the molecule is CN(CC(=O)N1CCN(Cc2ccccc2)CC1)c1ccccc1. The maximum Gasteiger partial charge on any atom is 0.242 e. The molecule has 4 nitrogen and oxygen atoms in total. The third kappa shape index (κ3) is 4.36. The third-order valence-electron chi connectivity index (χ3n) is 4.54. The second kappa shape index (κ2) is 7.97. The van der Waals surface area contributed by atoms with E-state index in [1.54, 1.807) is 0 Å². The van der Waals surface area contributed by atoms with Crippen molar-refractivity contribution in [3.05, 3.63) is 66.2 Å². The third-order valence-corrected chi connectivity index (χ3v) is 4.54. The monoisotopic (exact) mass is 323 g/mol. The van der Waals surface area contributed by atoms with E-state index in [1.165, 1.54) is 5.56 Å². The van der Waals surface area contributed by atoms with E-state index in [1.807, 2.05) is 53.2 Å². The lowest BCUT2D eigenvalue weighted by Gasteiger charge is -2.35. The lowest BCUT2D eigenvalue weighted by molar-refractivity contribution is -0.131. The van der Waals surface area contributed by atoms with E-state index in [0.29, 0.717) is 6.54 Å². The molecule has 1 saturated heterocycles. The molecule has 3 rings (SSSR count). The van der Waals surface area contributed by atoms with Crippen LogP contribution in [0.1, 0.15) is 5.56 Å². The standard InChI is InChI=1S/C20H25N3O/c1-21(19-10-6-3-7-11-19)17-20(24)23-14-12-22(13-15-23)16-18-8-4-2-5-9-18/h2-11H,12-17H2,1H3. The fraction of sp³-hybridized carbons (Fsp3) is 0.350. The molecule has 1 heterocycles. The predicted octanol–water partition coefficient (Wildman–Crippen LogP) is 2.47. The van der Waals surface area contributed by atoms with Crippen molar-refractivity contribution in [2.45, 2.75) is 6.54 Å². The molecule has 0 atom stereocenters. The number of nitrogens with zero attached hydrogens (tertiary/aromatic N) is 3. The first kappa shape index (κ1) is 16.5. The minimum Gasteiger partial charge on any atom is -0.365 e. The van der Waals surface area contributed by atoms with Gasteiger partial charge in [-0.1, -0.05) is 48.5 Å². The number of hydrogen-bond donors (Lipinski definition) is 0. The molecule has 1 amide bonds. The van der Waals surface area contributed by atoms with Crippen LogP contribution in [0, 0.1) is 0 Å². The summed E-state index contributed by atoms with van der Waals surface area (Å²) in [6.07, 6.45) is 0. The number of piperazine rings is 1. The number of amides is 1. The molecule has 0 saturated carbocycles. The van der Waals surface area contributed by atoms with Gasteiger partial charge in [0.2, 0.25) is 5.91 Å². The molecular formula is C20H25N3O. The Balaban J connectivity index is 1.47. The zero-order valence-electron chi connectivity index (χ0n) is 14.3. The predicted molar refractivity (Wildman–Crippen MR) is 98.0 cm³/mol. The van der Waals surface area contributed by atoms with E-state index in [2.05, 4.69) is 29.2 Å². The molecule has 126 valence electrons. The smallest absolute Gasteiger partial charge is 0.242 e. The highest BCUT2D eigenvalue weighted by molar-refractivity contribution is 5.81. The van der Waals surface area contributed by atoms with Crippen LogP contribution in [0.4, 0.5) is 5.69 Å². The summed E-state index contributed by atoms with van der Waals surface area (Å²) in [6.45, 7) is 4.91. The molecular weight excluding hydrogens is 298 g/mol. The average molecular weight is 323 g/mol. The number of carbonyl (C=O) groups excluding carboxylic acids is 1. The zero-order valence-corrected chi connectivity index (χ0v) is 14.3. The number of rotatable bonds is 5. The minimum absolute atomic E-state index is 0.209. The van der Waals surface area contributed by atoms with Crippen molar-refractivity contribution in [1.29, 1.82) is 0 Å². The summed E-state index contributed by atoms with van der Waals surface area (Å²) in [5, 5.41) is 0. The van der Waals surface area contributed by atoms with Crippen molar-refractivity contribution < 1.29 is 4.79 Å². The second-order valence-corrected chi connectivity index (χ2v) is 6.33. The van der Waals surface area contributed by atoms with Crippen molar-refractivity contribution >= 4 is 11.6 Å². The molecule has 1 fully saturated rings. The quantitative estimate of drug-likeness (QED) is 0.846. The van der Waals surface area contributed by atoms with E-state index in [9.17, 15) is 4.79 Å². The second-order valence-electron chi connectivity index (χ2n) is 6.33. The summed E-state index contributed by atoms with van der Waals surface area (Å²) in [5.41, 5.74) is 2.41. The van der Waals surface area contributed by atoms with Crippen LogP contribution in [0.15, 0.2) is 60.7 Å².